The number of carbonyl (C=O) groups is 1. The largest absolute Gasteiger partial charge is 0.505 e. The highest BCUT2D eigenvalue weighted by Gasteiger charge is 2.33. The topological polar surface area (TPSA) is 40.5 Å². The predicted molar refractivity (Wildman–Crippen MR) is 73.9 cm³/mol. The molecule has 4 heteroatoms. The second-order valence-corrected chi connectivity index (χ2v) is 6.24. The average molecular weight is 277 g/mol. The van der Waals surface area contributed by atoms with Crippen molar-refractivity contribution in [3.05, 3.63) is 29.1 Å². The van der Waals surface area contributed by atoms with Crippen molar-refractivity contribution in [3.8, 4) is 5.75 Å². The van der Waals surface area contributed by atoms with Crippen LogP contribution < -0.4 is 0 Å². The standard InChI is InChI=1S/C16H20FNO2/c1-10-2-4-11(5-3-10)8-18-9-12-6-7-13(19)15(17)14(12)16(18)20/h6-7,10-11,19H,2-5,8-9H2,1H3. The number of phenols is 1. The number of phenolic OH excluding ortho intramolecular Hbond substituents is 1. The normalized spacial score (nSPS) is 25.9. The lowest BCUT2D eigenvalue weighted by Gasteiger charge is -2.29. The van der Waals surface area contributed by atoms with E-state index in [1.165, 1.54) is 18.9 Å². The first-order valence-electron chi connectivity index (χ1n) is 7.36. The number of rotatable bonds is 2. The molecule has 1 aromatic carbocycles. The van der Waals surface area contributed by atoms with Gasteiger partial charge in [0, 0.05) is 13.1 Å². The van der Waals surface area contributed by atoms with Gasteiger partial charge in [0.05, 0.1) is 5.56 Å². The van der Waals surface area contributed by atoms with E-state index < -0.39 is 11.6 Å². The predicted octanol–water partition coefficient (Wildman–Crippen LogP) is 3.31. The highest BCUT2D eigenvalue weighted by molar-refractivity contribution is 5.99. The fraction of sp³-hybridized carbons (Fsp3) is 0.562. The van der Waals surface area contributed by atoms with Crippen molar-refractivity contribution >= 4 is 5.91 Å². The van der Waals surface area contributed by atoms with Crippen molar-refractivity contribution in [2.75, 3.05) is 6.54 Å². The van der Waals surface area contributed by atoms with Gasteiger partial charge in [-0.05, 0) is 36.3 Å². The molecule has 3 rings (SSSR count). The van der Waals surface area contributed by atoms with E-state index in [-0.39, 0.29) is 11.5 Å². The van der Waals surface area contributed by atoms with Crippen LogP contribution in [0.25, 0.3) is 0 Å². The number of nitrogens with zero attached hydrogens (tertiary/aromatic N) is 1. The number of hydrogen-bond donors (Lipinski definition) is 1. The zero-order valence-electron chi connectivity index (χ0n) is 11.7. The van der Waals surface area contributed by atoms with Crippen LogP contribution in [0, 0.1) is 17.7 Å². The smallest absolute Gasteiger partial charge is 0.257 e. The molecule has 1 amide bonds. The van der Waals surface area contributed by atoms with Crippen molar-refractivity contribution in [2.24, 2.45) is 11.8 Å². The van der Waals surface area contributed by atoms with E-state index in [9.17, 15) is 14.3 Å². The van der Waals surface area contributed by atoms with Crippen LogP contribution in [0.15, 0.2) is 12.1 Å². The number of fused-ring (bicyclic) bond motifs is 1. The van der Waals surface area contributed by atoms with Crippen LogP contribution >= 0.6 is 0 Å². The first kappa shape index (κ1) is 13.4. The van der Waals surface area contributed by atoms with Gasteiger partial charge in [0.1, 0.15) is 0 Å². The van der Waals surface area contributed by atoms with E-state index in [0.717, 1.165) is 18.8 Å². The zero-order chi connectivity index (χ0) is 14.3. The average Bonchev–Trinajstić information content (AvgIpc) is 2.74. The van der Waals surface area contributed by atoms with Gasteiger partial charge in [-0.3, -0.25) is 4.79 Å². The summed E-state index contributed by atoms with van der Waals surface area (Å²) < 4.78 is 13.9. The fourth-order valence-corrected chi connectivity index (χ4v) is 3.37. The Morgan fingerprint density at radius 3 is 2.70 bits per heavy atom. The van der Waals surface area contributed by atoms with Gasteiger partial charge in [-0.15, -0.1) is 0 Å². The molecule has 1 saturated carbocycles. The van der Waals surface area contributed by atoms with E-state index in [4.69, 9.17) is 0 Å². The Kier molecular flexibility index (Phi) is 3.40. The van der Waals surface area contributed by atoms with Crippen LogP contribution in [0.3, 0.4) is 0 Å². The molecule has 1 N–H and O–H groups in total. The van der Waals surface area contributed by atoms with Gasteiger partial charge in [-0.25, -0.2) is 4.39 Å². The molecule has 1 aliphatic carbocycles. The molecule has 1 aromatic rings. The van der Waals surface area contributed by atoms with Gasteiger partial charge in [-0.2, -0.15) is 0 Å². The van der Waals surface area contributed by atoms with Crippen LogP contribution in [0.5, 0.6) is 5.75 Å². The number of carbonyl (C=O) groups excluding carboxylic acids is 1. The molecule has 0 atom stereocenters. The maximum atomic E-state index is 13.9. The Morgan fingerprint density at radius 1 is 1.30 bits per heavy atom. The van der Waals surface area contributed by atoms with Crippen molar-refractivity contribution in [1.29, 1.82) is 0 Å². The first-order chi connectivity index (χ1) is 9.56. The minimum atomic E-state index is -0.771. The van der Waals surface area contributed by atoms with Gasteiger partial charge in [0.25, 0.3) is 5.91 Å². The van der Waals surface area contributed by atoms with Gasteiger partial charge in [0.2, 0.25) is 0 Å². The number of halogens is 1. The van der Waals surface area contributed by atoms with E-state index in [1.807, 2.05) is 0 Å². The monoisotopic (exact) mass is 277 g/mol. The maximum Gasteiger partial charge on any atom is 0.257 e. The summed E-state index contributed by atoms with van der Waals surface area (Å²) in [4.78, 5) is 14.0. The molecule has 1 fully saturated rings. The Hall–Kier alpha value is -1.58. The molecule has 1 heterocycles. The number of benzene rings is 1. The molecule has 1 aliphatic heterocycles. The SMILES string of the molecule is CC1CCC(CN2Cc3ccc(O)c(F)c3C2=O)CC1. The molecule has 0 saturated heterocycles. The molecule has 0 spiro atoms. The quantitative estimate of drug-likeness (QED) is 0.901. The van der Waals surface area contributed by atoms with E-state index >= 15 is 0 Å². The van der Waals surface area contributed by atoms with Crippen molar-refractivity contribution in [3.63, 3.8) is 0 Å². The Bertz CT molecular complexity index is 536. The van der Waals surface area contributed by atoms with Crippen LogP contribution in [-0.4, -0.2) is 22.5 Å². The van der Waals surface area contributed by atoms with Crippen LogP contribution in [0.4, 0.5) is 4.39 Å². The molecule has 3 nitrogen and oxygen atoms in total. The lowest BCUT2D eigenvalue weighted by atomic mass is 9.83. The summed E-state index contributed by atoms with van der Waals surface area (Å²) in [5.74, 6) is -0.169. The van der Waals surface area contributed by atoms with Gasteiger partial charge < -0.3 is 10.0 Å². The molecular formula is C16H20FNO2. The third-order valence-corrected chi connectivity index (χ3v) is 4.68. The third-order valence-electron chi connectivity index (χ3n) is 4.68. The van der Waals surface area contributed by atoms with Gasteiger partial charge in [-0.1, -0.05) is 25.8 Å². The Labute approximate surface area is 118 Å². The summed E-state index contributed by atoms with van der Waals surface area (Å²) in [7, 11) is 0. The molecule has 20 heavy (non-hydrogen) atoms. The van der Waals surface area contributed by atoms with Gasteiger partial charge >= 0.3 is 0 Å². The molecule has 0 radical (unpaired) electrons. The van der Waals surface area contributed by atoms with E-state index in [1.54, 1.807) is 11.0 Å². The van der Waals surface area contributed by atoms with E-state index in [0.29, 0.717) is 24.6 Å². The zero-order valence-corrected chi connectivity index (χ0v) is 11.7. The highest BCUT2D eigenvalue weighted by Crippen LogP contribution is 2.33. The lowest BCUT2D eigenvalue weighted by Crippen LogP contribution is -2.31. The van der Waals surface area contributed by atoms with Crippen LogP contribution in [0.1, 0.15) is 48.5 Å². The minimum absolute atomic E-state index is 0.0641. The Morgan fingerprint density at radius 2 is 2.00 bits per heavy atom. The second-order valence-electron chi connectivity index (χ2n) is 6.24. The summed E-state index contributed by atoms with van der Waals surface area (Å²) in [5.41, 5.74) is 0.753. The van der Waals surface area contributed by atoms with Crippen molar-refractivity contribution < 1.29 is 14.3 Å². The number of aromatic hydroxyl groups is 1. The molecule has 2 aliphatic rings. The molecule has 108 valence electrons. The van der Waals surface area contributed by atoms with Crippen LogP contribution in [0.2, 0.25) is 0 Å². The fourth-order valence-electron chi connectivity index (χ4n) is 3.37. The Balaban J connectivity index is 1.72. The lowest BCUT2D eigenvalue weighted by molar-refractivity contribution is 0.0727. The van der Waals surface area contributed by atoms with Crippen molar-refractivity contribution in [1.82, 2.24) is 4.90 Å². The maximum absolute atomic E-state index is 13.9. The third kappa shape index (κ3) is 2.28. The second kappa shape index (κ2) is 5.08. The molecule has 0 unspecified atom stereocenters. The van der Waals surface area contributed by atoms with Gasteiger partial charge in [0.15, 0.2) is 11.6 Å². The summed E-state index contributed by atoms with van der Waals surface area (Å²) in [6.45, 7) is 3.45. The van der Waals surface area contributed by atoms with Crippen LogP contribution in [-0.2, 0) is 6.54 Å². The summed E-state index contributed by atoms with van der Waals surface area (Å²) in [6, 6.07) is 2.97. The summed E-state index contributed by atoms with van der Waals surface area (Å²) in [6.07, 6.45) is 4.73. The van der Waals surface area contributed by atoms with E-state index in [2.05, 4.69) is 6.92 Å². The number of hydrogen-bond acceptors (Lipinski definition) is 2. The van der Waals surface area contributed by atoms with Crippen molar-refractivity contribution in [2.45, 2.75) is 39.2 Å². The highest BCUT2D eigenvalue weighted by atomic mass is 19.1. The minimum Gasteiger partial charge on any atom is -0.505 e. The number of amides is 1. The molecule has 0 aromatic heterocycles. The first-order valence-corrected chi connectivity index (χ1v) is 7.36. The summed E-state index contributed by atoms with van der Waals surface area (Å²) >= 11 is 0. The molecular weight excluding hydrogens is 257 g/mol. The molecule has 0 bridgehead atoms. The summed E-state index contributed by atoms with van der Waals surface area (Å²) in [5, 5.41) is 9.39.